The van der Waals surface area contributed by atoms with Gasteiger partial charge in [0, 0.05) is 24.6 Å². The van der Waals surface area contributed by atoms with Gasteiger partial charge in [0.2, 0.25) is 11.8 Å². The first-order valence-electron chi connectivity index (χ1n) is 9.46. The van der Waals surface area contributed by atoms with E-state index in [-0.39, 0.29) is 17.9 Å². The zero-order chi connectivity index (χ0) is 19.2. The molecule has 0 bridgehead atoms. The monoisotopic (exact) mass is 374 g/mol. The van der Waals surface area contributed by atoms with Crippen LogP contribution < -0.4 is 10.1 Å². The third-order valence-corrected chi connectivity index (χ3v) is 4.76. The van der Waals surface area contributed by atoms with Gasteiger partial charge >= 0.3 is 0 Å². The topological polar surface area (TPSA) is 60.5 Å². The van der Waals surface area contributed by atoms with Gasteiger partial charge in [-0.3, -0.25) is 4.79 Å². The molecule has 0 unspecified atom stereocenters. The summed E-state index contributed by atoms with van der Waals surface area (Å²) in [7, 11) is 0. The van der Waals surface area contributed by atoms with Crippen LogP contribution in [0, 0.1) is 5.92 Å². The van der Waals surface area contributed by atoms with E-state index in [4.69, 9.17) is 9.47 Å². The Morgan fingerprint density at radius 2 is 1.79 bits per heavy atom. The normalized spacial score (nSPS) is 19.0. The Morgan fingerprint density at radius 3 is 2.57 bits per heavy atom. The van der Waals surface area contributed by atoms with Crippen molar-refractivity contribution in [1.29, 1.82) is 0 Å². The van der Waals surface area contributed by atoms with Crippen LogP contribution in [0.5, 0.6) is 11.6 Å². The number of pyridine rings is 1. The van der Waals surface area contributed by atoms with Crippen molar-refractivity contribution in [2.24, 2.45) is 5.92 Å². The van der Waals surface area contributed by atoms with E-state index in [0.29, 0.717) is 23.9 Å². The lowest BCUT2D eigenvalue weighted by molar-refractivity contribution is -0.129. The van der Waals surface area contributed by atoms with Gasteiger partial charge in [-0.2, -0.15) is 0 Å². The maximum Gasteiger partial charge on any atom is 0.230 e. The molecule has 4 rings (SSSR count). The number of hydrogen-bond donors (Lipinski definition) is 1. The van der Waals surface area contributed by atoms with Crippen LogP contribution in [0.25, 0.3) is 0 Å². The highest BCUT2D eigenvalue weighted by Gasteiger charge is 2.33. The molecule has 0 aliphatic carbocycles. The summed E-state index contributed by atoms with van der Waals surface area (Å²) in [5.41, 5.74) is 1.69. The van der Waals surface area contributed by atoms with E-state index in [1.165, 1.54) is 0 Å². The number of nitrogens with one attached hydrogen (secondary N) is 1. The molecule has 1 aliphatic rings. The lowest BCUT2D eigenvalue weighted by atomic mass is 9.88. The largest absolute Gasteiger partial charge is 0.439 e. The van der Waals surface area contributed by atoms with Crippen molar-refractivity contribution in [3.05, 3.63) is 84.6 Å². The predicted octanol–water partition coefficient (Wildman–Crippen LogP) is 4.98. The summed E-state index contributed by atoms with van der Waals surface area (Å²) in [6.07, 6.45) is 3.07. The maximum atomic E-state index is 13.0. The summed E-state index contributed by atoms with van der Waals surface area (Å²) in [5, 5.41) is 3.00. The number of anilines is 1. The van der Waals surface area contributed by atoms with Crippen molar-refractivity contribution in [3.8, 4) is 11.6 Å². The molecule has 0 radical (unpaired) electrons. The Hall–Kier alpha value is -3.18. The van der Waals surface area contributed by atoms with Crippen LogP contribution in [0.1, 0.15) is 24.5 Å². The van der Waals surface area contributed by atoms with E-state index in [1.807, 2.05) is 60.7 Å². The van der Waals surface area contributed by atoms with Gasteiger partial charge in [-0.05, 0) is 36.6 Å². The minimum Gasteiger partial charge on any atom is -0.439 e. The summed E-state index contributed by atoms with van der Waals surface area (Å²) in [6, 6.07) is 22.8. The van der Waals surface area contributed by atoms with E-state index < -0.39 is 0 Å². The number of hydrogen-bond acceptors (Lipinski definition) is 4. The molecule has 5 heteroatoms. The van der Waals surface area contributed by atoms with Gasteiger partial charge in [-0.25, -0.2) is 4.98 Å². The number of rotatable bonds is 5. The molecule has 1 amide bonds. The molecule has 2 aromatic carbocycles. The zero-order valence-electron chi connectivity index (χ0n) is 15.5. The van der Waals surface area contributed by atoms with Crippen molar-refractivity contribution in [1.82, 2.24) is 4.98 Å². The van der Waals surface area contributed by atoms with E-state index in [9.17, 15) is 4.79 Å². The first-order valence-corrected chi connectivity index (χ1v) is 9.46. The van der Waals surface area contributed by atoms with Gasteiger partial charge in [-0.1, -0.05) is 48.5 Å². The van der Waals surface area contributed by atoms with E-state index >= 15 is 0 Å². The van der Waals surface area contributed by atoms with Crippen LogP contribution in [-0.2, 0) is 9.53 Å². The molecule has 1 aromatic heterocycles. The average molecular weight is 374 g/mol. The van der Waals surface area contributed by atoms with E-state index in [0.717, 1.165) is 18.4 Å². The molecule has 0 saturated carbocycles. The van der Waals surface area contributed by atoms with E-state index in [2.05, 4.69) is 10.3 Å². The molecule has 142 valence electrons. The maximum absolute atomic E-state index is 13.0. The molecule has 2 atom stereocenters. The summed E-state index contributed by atoms with van der Waals surface area (Å²) < 4.78 is 11.7. The standard InChI is InChI=1S/C23H22N2O3/c26-23(20-12-7-15-27-22(20)17-8-3-1-4-9-17)25-18-13-14-24-21(16-18)28-19-10-5-2-6-11-19/h1-6,8-11,13-14,16,20,22H,7,12,15H2,(H,24,25,26)/t20-,22-/m1/s1. The summed E-state index contributed by atoms with van der Waals surface area (Å²) in [5.74, 6) is 0.847. The lowest BCUT2D eigenvalue weighted by Crippen LogP contribution is -2.33. The number of ether oxygens (including phenoxy) is 2. The second kappa shape index (κ2) is 8.67. The number of carbonyl (C=O) groups excluding carboxylic acids is 1. The Kier molecular flexibility index (Phi) is 5.64. The third kappa shape index (κ3) is 4.38. The minimum atomic E-state index is -0.234. The highest BCUT2D eigenvalue weighted by Crippen LogP contribution is 2.34. The average Bonchev–Trinajstić information content (AvgIpc) is 2.75. The fourth-order valence-electron chi connectivity index (χ4n) is 3.41. The second-order valence-corrected chi connectivity index (χ2v) is 6.74. The number of amides is 1. The Morgan fingerprint density at radius 1 is 1.04 bits per heavy atom. The number of para-hydroxylation sites is 1. The SMILES string of the molecule is O=C(Nc1ccnc(Oc2ccccc2)c1)[C@@H]1CCCO[C@@H]1c1ccccc1. The molecule has 0 spiro atoms. The number of carbonyl (C=O) groups is 1. The molecule has 1 aliphatic heterocycles. The van der Waals surface area contributed by atoms with Crippen LogP contribution in [0.2, 0.25) is 0 Å². The first kappa shape index (κ1) is 18.2. The van der Waals surface area contributed by atoms with Gasteiger partial charge < -0.3 is 14.8 Å². The predicted molar refractivity (Wildman–Crippen MR) is 107 cm³/mol. The molecular formula is C23H22N2O3. The van der Waals surface area contributed by atoms with Crippen molar-refractivity contribution in [2.75, 3.05) is 11.9 Å². The smallest absolute Gasteiger partial charge is 0.230 e. The fourth-order valence-corrected chi connectivity index (χ4v) is 3.41. The summed E-state index contributed by atoms with van der Waals surface area (Å²) in [4.78, 5) is 17.2. The Labute approximate surface area is 164 Å². The van der Waals surface area contributed by atoms with Gasteiger partial charge in [0.1, 0.15) is 5.75 Å². The Bertz CT molecular complexity index is 915. The molecule has 2 heterocycles. The van der Waals surface area contributed by atoms with Gasteiger partial charge in [0.25, 0.3) is 0 Å². The van der Waals surface area contributed by atoms with Gasteiger partial charge in [0.15, 0.2) is 0 Å². The molecule has 1 saturated heterocycles. The van der Waals surface area contributed by atoms with Crippen LogP contribution in [0.15, 0.2) is 79.0 Å². The Balaban J connectivity index is 1.47. The minimum absolute atomic E-state index is 0.0505. The van der Waals surface area contributed by atoms with E-state index in [1.54, 1.807) is 18.3 Å². The molecule has 5 nitrogen and oxygen atoms in total. The van der Waals surface area contributed by atoms with Crippen LogP contribution >= 0.6 is 0 Å². The van der Waals surface area contributed by atoms with Crippen molar-refractivity contribution in [3.63, 3.8) is 0 Å². The molecule has 3 aromatic rings. The lowest BCUT2D eigenvalue weighted by Gasteiger charge is -2.31. The quantitative estimate of drug-likeness (QED) is 0.684. The third-order valence-electron chi connectivity index (χ3n) is 4.76. The van der Waals surface area contributed by atoms with Crippen molar-refractivity contribution < 1.29 is 14.3 Å². The molecular weight excluding hydrogens is 352 g/mol. The number of nitrogens with zero attached hydrogens (tertiary/aromatic N) is 1. The number of aromatic nitrogens is 1. The number of benzene rings is 2. The van der Waals surface area contributed by atoms with Crippen molar-refractivity contribution >= 4 is 11.6 Å². The fraction of sp³-hybridized carbons (Fsp3) is 0.217. The van der Waals surface area contributed by atoms with Crippen molar-refractivity contribution in [2.45, 2.75) is 18.9 Å². The molecule has 1 fully saturated rings. The van der Waals surface area contributed by atoms with Crippen LogP contribution in [0.3, 0.4) is 0 Å². The van der Waals surface area contributed by atoms with Gasteiger partial charge in [0.05, 0.1) is 12.0 Å². The molecule has 28 heavy (non-hydrogen) atoms. The highest BCUT2D eigenvalue weighted by molar-refractivity contribution is 5.93. The zero-order valence-corrected chi connectivity index (χ0v) is 15.5. The van der Waals surface area contributed by atoms with Gasteiger partial charge in [-0.15, -0.1) is 0 Å². The first-order chi connectivity index (χ1) is 13.8. The highest BCUT2D eigenvalue weighted by atomic mass is 16.5. The summed E-state index contributed by atoms with van der Waals surface area (Å²) >= 11 is 0. The molecule has 1 N–H and O–H groups in total. The second-order valence-electron chi connectivity index (χ2n) is 6.74. The van der Waals surface area contributed by atoms with Crippen LogP contribution in [0.4, 0.5) is 5.69 Å². The summed E-state index contributed by atoms with van der Waals surface area (Å²) in [6.45, 7) is 0.674. The van der Waals surface area contributed by atoms with Crippen LogP contribution in [-0.4, -0.2) is 17.5 Å².